The van der Waals surface area contributed by atoms with Crippen LogP contribution >= 0.6 is 28.3 Å². The van der Waals surface area contributed by atoms with E-state index in [2.05, 4.69) is 32.1 Å². The molecule has 1 heterocycles. The maximum atomic E-state index is 6.35. The minimum atomic E-state index is -0.384. The van der Waals surface area contributed by atoms with E-state index in [1.54, 1.807) is 7.11 Å². The van der Waals surface area contributed by atoms with Gasteiger partial charge in [0.2, 0.25) is 5.89 Å². The van der Waals surface area contributed by atoms with Crippen LogP contribution in [0.2, 0.25) is 0 Å². The maximum absolute atomic E-state index is 6.35. The first-order chi connectivity index (χ1) is 10.6. The number of aromatic nitrogens is 2. The Hall–Kier alpha value is -1.11. The summed E-state index contributed by atoms with van der Waals surface area (Å²) >= 11 is 3.50. The van der Waals surface area contributed by atoms with Crippen LogP contribution in [0.25, 0.3) is 0 Å². The van der Waals surface area contributed by atoms with Crippen molar-refractivity contribution in [2.75, 3.05) is 7.11 Å². The Morgan fingerprint density at radius 2 is 2.04 bits per heavy atom. The lowest BCUT2D eigenvalue weighted by Crippen LogP contribution is -2.34. The Kier molecular flexibility index (Phi) is 6.06. The van der Waals surface area contributed by atoms with E-state index in [0.717, 1.165) is 42.3 Å². The maximum Gasteiger partial charge on any atom is 0.227 e. The van der Waals surface area contributed by atoms with Gasteiger partial charge in [-0.1, -0.05) is 24.1 Å². The van der Waals surface area contributed by atoms with Gasteiger partial charge in [-0.15, -0.1) is 12.4 Å². The van der Waals surface area contributed by atoms with Crippen LogP contribution in [0.5, 0.6) is 5.75 Å². The minimum absolute atomic E-state index is 0. The number of ether oxygens (including phenoxy) is 1. The largest absolute Gasteiger partial charge is 0.496 e. The van der Waals surface area contributed by atoms with Crippen molar-refractivity contribution in [2.45, 2.75) is 44.1 Å². The summed E-state index contributed by atoms with van der Waals surface area (Å²) in [5.74, 6) is 2.14. The number of nitrogens with two attached hydrogens (primary N) is 1. The molecule has 1 aromatic carbocycles. The molecule has 7 heteroatoms. The normalized spacial score (nSPS) is 16.1. The predicted molar refractivity (Wildman–Crippen MR) is 94.0 cm³/mol. The molecule has 0 atom stereocenters. The lowest BCUT2D eigenvalue weighted by Gasteiger charge is -2.17. The third-order valence-corrected chi connectivity index (χ3v) is 4.87. The van der Waals surface area contributed by atoms with Gasteiger partial charge in [0.15, 0.2) is 5.82 Å². The van der Waals surface area contributed by atoms with Gasteiger partial charge in [0.25, 0.3) is 0 Å². The van der Waals surface area contributed by atoms with Gasteiger partial charge in [0.05, 0.1) is 17.1 Å². The average molecular weight is 403 g/mol. The number of halogens is 2. The number of nitrogens with zero attached hydrogens (tertiary/aromatic N) is 2. The standard InChI is InChI=1S/C16H20BrN3O2.ClH/c1-21-13-6-4-11(10-12(13)17)5-7-14-19-15(20-22-14)16(18)8-2-3-9-16;/h4,6,10H,2-3,5,7-9,18H2,1H3;1H. The first-order valence-corrected chi connectivity index (χ1v) is 8.34. The number of rotatable bonds is 5. The van der Waals surface area contributed by atoms with Crippen LogP contribution in [0.3, 0.4) is 0 Å². The van der Waals surface area contributed by atoms with Crippen molar-refractivity contribution < 1.29 is 9.26 Å². The van der Waals surface area contributed by atoms with Crippen molar-refractivity contribution in [3.05, 3.63) is 40.0 Å². The topological polar surface area (TPSA) is 74.2 Å². The molecular formula is C16H21BrClN3O2. The fourth-order valence-electron chi connectivity index (χ4n) is 2.90. The first-order valence-electron chi connectivity index (χ1n) is 7.55. The van der Waals surface area contributed by atoms with E-state index in [4.69, 9.17) is 15.0 Å². The summed E-state index contributed by atoms with van der Waals surface area (Å²) in [7, 11) is 1.66. The number of aryl methyl sites for hydroxylation is 2. The fraction of sp³-hybridized carbons (Fsp3) is 0.500. The third-order valence-electron chi connectivity index (χ3n) is 4.25. The van der Waals surface area contributed by atoms with Crippen LogP contribution in [0.15, 0.2) is 27.2 Å². The zero-order valence-corrected chi connectivity index (χ0v) is 15.5. The summed E-state index contributed by atoms with van der Waals surface area (Å²) in [6.07, 6.45) is 5.71. The Balaban J connectivity index is 0.00000192. The predicted octanol–water partition coefficient (Wildman–Crippen LogP) is 3.78. The zero-order valence-electron chi connectivity index (χ0n) is 13.0. The quantitative estimate of drug-likeness (QED) is 0.824. The van der Waals surface area contributed by atoms with Crippen LogP contribution in [0.4, 0.5) is 0 Å². The molecule has 0 aliphatic heterocycles. The SMILES string of the molecule is COc1ccc(CCc2nc(C3(N)CCCC3)no2)cc1Br.Cl. The molecule has 1 fully saturated rings. The smallest absolute Gasteiger partial charge is 0.227 e. The molecule has 126 valence electrons. The molecule has 0 unspecified atom stereocenters. The van der Waals surface area contributed by atoms with Gasteiger partial charge in [-0.05, 0) is 52.9 Å². The monoisotopic (exact) mass is 401 g/mol. The highest BCUT2D eigenvalue weighted by molar-refractivity contribution is 9.10. The summed E-state index contributed by atoms with van der Waals surface area (Å²) in [6, 6.07) is 6.05. The van der Waals surface area contributed by atoms with Crippen molar-refractivity contribution in [3.8, 4) is 5.75 Å². The Labute approximate surface area is 150 Å². The second kappa shape index (κ2) is 7.64. The second-order valence-corrected chi connectivity index (χ2v) is 6.70. The fourth-order valence-corrected chi connectivity index (χ4v) is 3.49. The third kappa shape index (κ3) is 4.05. The van der Waals surface area contributed by atoms with E-state index in [1.165, 1.54) is 5.56 Å². The van der Waals surface area contributed by atoms with Gasteiger partial charge in [0, 0.05) is 6.42 Å². The molecule has 2 aromatic rings. The molecule has 1 aliphatic rings. The van der Waals surface area contributed by atoms with Gasteiger partial charge < -0.3 is 15.0 Å². The van der Waals surface area contributed by atoms with Crippen molar-refractivity contribution in [3.63, 3.8) is 0 Å². The summed E-state index contributed by atoms with van der Waals surface area (Å²) in [6.45, 7) is 0. The summed E-state index contributed by atoms with van der Waals surface area (Å²) in [5.41, 5.74) is 7.15. The molecular weight excluding hydrogens is 382 g/mol. The van der Waals surface area contributed by atoms with Crippen LogP contribution in [-0.2, 0) is 18.4 Å². The molecule has 0 spiro atoms. The van der Waals surface area contributed by atoms with E-state index < -0.39 is 0 Å². The Bertz CT molecular complexity index is 657. The zero-order chi connectivity index (χ0) is 15.6. The molecule has 0 saturated heterocycles. The number of benzene rings is 1. The van der Waals surface area contributed by atoms with Crippen molar-refractivity contribution >= 4 is 28.3 Å². The van der Waals surface area contributed by atoms with Crippen LogP contribution < -0.4 is 10.5 Å². The van der Waals surface area contributed by atoms with Gasteiger partial charge in [0.1, 0.15) is 5.75 Å². The highest BCUT2D eigenvalue weighted by atomic mass is 79.9. The average Bonchev–Trinajstić information content (AvgIpc) is 3.15. The first kappa shape index (κ1) is 18.2. The molecule has 0 amide bonds. The molecule has 1 aromatic heterocycles. The number of methoxy groups -OCH3 is 1. The van der Waals surface area contributed by atoms with Crippen molar-refractivity contribution in [2.24, 2.45) is 5.73 Å². The highest BCUT2D eigenvalue weighted by Crippen LogP contribution is 2.34. The molecule has 23 heavy (non-hydrogen) atoms. The molecule has 1 aliphatic carbocycles. The number of hydrogen-bond acceptors (Lipinski definition) is 5. The highest BCUT2D eigenvalue weighted by Gasteiger charge is 2.35. The number of hydrogen-bond donors (Lipinski definition) is 1. The van der Waals surface area contributed by atoms with Crippen LogP contribution in [0, 0.1) is 0 Å². The molecule has 5 nitrogen and oxygen atoms in total. The molecule has 1 saturated carbocycles. The molecule has 0 radical (unpaired) electrons. The van der Waals surface area contributed by atoms with E-state index in [-0.39, 0.29) is 17.9 Å². The summed E-state index contributed by atoms with van der Waals surface area (Å²) in [4.78, 5) is 4.50. The Morgan fingerprint density at radius 3 is 2.70 bits per heavy atom. The van der Waals surface area contributed by atoms with Crippen LogP contribution in [-0.4, -0.2) is 17.3 Å². The van der Waals surface area contributed by atoms with Crippen molar-refractivity contribution in [1.82, 2.24) is 10.1 Å². The lowest BCUT2D eigenvalue weighted by atomic mass is 9.99. The van der Waals surface area contributed by atoms with Gasteiger partial charge in [-0.2, -0.15) is 4.98 Å². The summed E-state index contributed by atoms with van der Waals surface area (Å²) in [5, 5.41) is 4.09. The second-order valence-electron chi connectivity index (χ2n) is 5.84. The van der Waals surface area contributed by atoms with Gasteiger partial charge in [-0.3, -0.25) is 0 Å². The van der Waals surface area contributed by atoms with Gasteiger partial charge >= 0.3 is 0 Å². The van der Waals surface area contributed by atoms with Gasteiger partial charge in [-0.25, -0.2) is 0 Å². The van der Waals surface area contributed by atoms with E-state index in [0.29, 0.717) is 18.1 Å². The lowest BCUT2D eigenvalue weighted by molar-refractivity contribution is 0.348. The Morgan fingerprint density at radius 1 is 1.30 bits per heavy atom. The van der Waals surface area contributed by atoms with E-state index in [9.17, 15) is 0 Å². The van der Waals surface area contributed by atoms with Crippen molar-refractivity contribution in [1.29, 1.82) is 0 Å². The molecule has 3 rings (SSSR count). The molecule has 2 N–H and O–H groups in total. The molecule has 0 bridgehead atoms. The minimum Gasteiger partial charge on any atom is -0.496 e. The van der Waals surface area contributed by atoms with Crippen LogP contribution in [0.1, 0.15) is 43.0 Å². The van der Waals surface area contributed by atoms with E-state index in [1.807, 2.05) is 12.1 Å². The van der Waals surface area contributed by atoms with E-state index >= 15 is 0 Å². The summed E-state index contributed by atoms with van der Waals surface area (Å²) < 4.78 is 11.5.